The van der Waals surface area contributed by atoms with E-state index in [0.29, 0.717) is 16.5 Å². The van der Waals surface area contributed by atoms with E-state index in [9.17, 15) is 9.59 Å². The van der Waals surface area contributed by atoms with Crippen LogP contribution in [0.4, 0.5) is 0 Å². The Bertz CT molecular complexity index is 1050. The number of nitrogens with one attached hydrogen (secondary N) is 1. The lowest BCUT2D eigenvalue weighted by atomic mass is 10.0. The lowest BCUT2D eigenvalue weighted by molar-refractivity contribution is -0.139. The predicted octanol–water partition coefficient (Wildman–Crippen LogP) is 5.47. The summed E-state index contributed by atoms with van der Waals surface area (Å²) in [5, 5.41) is 3.69. The molecule has 0 unspecified atom stereocenters. The molecular formula is C25H24Cl2N2O2S. The van der Waals surface area contributed by atoms with E-state index < -0.39 is 6.04 Å². The first-order chi connectivity index (χ1) is 15.5. The molecule has 1 atom stereocenters. The number of carbonyl (C=O) groups excluding carboxylic acids is 2. The van der Waals surface area contributed by atoms with Gasteiger partial charge in [0.1, 0.15) is 6.04 Å². The van der Waals surface area contributed by atoms with E-state index in [-0.39, 0.29) is 24.1 Å². The van der Waals surface area contributed by atoms with Crippen LogP contribution in [-0.2, 0) is 22.6 Å². The van der Waals surface area contributed by atoms with E-state index in [2.05, 4.69) is 5.32 Å². The Hall–Kier alpha value is -2.47. The fourth-order valence-electron chi connectivity index (χ4n) is 3.30. The average Bonchev–Trinajstić information content (AvgIpc) is 2.81. The minimum Gasteiger partial charge on any atom is -0.357 e. The molecule has 0 radical (unpaired) electrons. The van der Waals surface area contributed by atoms with Crippen LogP contribution >= 0.6 is 35.0 Å². The van der Waals surface area contributed by atoms with Crippen molar-refractivity contribution >= 4 is 46.8 Å². The number of benzene rings is 3. The average molecular weight is 487 g/mol. The quantitative estimate of drug-likeness (QED) is 0.407. The largest absolute Gasteiger partial charge is 0.357 e. The van der Waals surface area contributed by atoms with Crippen molar-refractivity contribution in [3.05, 3.63) is 100 Å². The molecule has 0 saturated heterocycles. The van der Waals surface area contributed by atoms with Crippen LogP contribution in [0.2, 0.25) is 10.0 Å². The van der Waals surface area contributed by atoms with Gasteiger partial charge in [0.25, 0.3) is 0 Å². The lowest BCUT2D eigenvalue weighted by Crippen LogP contribution is -2.50. The van der Waals surface area contributed by atoms with Gasteiger partial charge in [-0.05, 0) is 35.4 Å². The third-order valence-corrected chi connectivity index (χ3v) is 6.56. The summed E-state index contributed by atoms with van der Waals surface area (Å²) in [5.41, 5.74) is 1.70. The molecule has 0 spiro atoms. The SMILES string of the molecule is CNC(=O)[C@@H](Cc1ccccc1)N(Cc1ccc(Cl)cc1Cl)C(=O)CSc1ccccc1. The Balaban J connectivity index is 1.90. The molecule has 0 aliphatic heterocycles. The van der Waals surface area contributed by atoms with Gasteiger partial charge in [0, 0.05) is 35.0 Å². The van der Waals surface area contributed by atoms with Crippen molar-refractivity contribution in [1.29, 1.82) is 0 Å². The van der Waals surface area contributed by atoms with Crippen molar-refractivity contribution < 1.29 is 9.59 Å². The maximum absolute atomic E-state index is 13.4. The molecule has 2 amide bonds. The lowest BCUT2D eigenvalue weighted by Gasteiger charge is -2.31. The van der Waals surface area contributed by atoms with E-state index in [1.807, 2.05) is 60.7 Å². The van der Waals surface area contributed by atoms with Crippen LogP contribution in [0.5, 0.6) is 0 Å². The van der Waals surface area contributed by atoms with Gasteiger partial charge >= 0.3 is 0 Å². The molecule has 32 heavy (non-hydrogen) atoms. The summed E-state index contributed by atoms with van der Waals surface area (Å²) in [6.45, 7) is 0.203. The van der Waals surface area contributed by atoms with E-state index in [4.69, 9.17) is 23.2 Å². The van der Waals surface area contributed by atoms with Gasteiger partial charge in [-0.15, -0.1) is 11.8 Å². The Kier molecular flexibility index (Phi) is 9.03. The van der Waals surface area contributed by atoms with Crippen LogP contribution in [0.3, 0.4) is 0 Å². The Labute approximate surface area is 202 Å². The zero-order valence-electron chi connectivity index (χ0n) is 17.6. The topological polar surface area (TPSA) is 49.4 Å². The van der Waals surface area contributed by atoms with Gasteiger partial charge in [-0.3, -0.25) is 9.59 Å². The predicted molar refractivity (Wildman–Crippen MR) is 132 cm³/mol. The Morgan fingerprint density at radius 3 is 2.25 bits per heavy atom. The van der Waals surface area contributed by atoms with Gasteiger partial charge in [-0.2, -0.15) is 0 Å². The molecule has 166 valence electrons. The number of amides is 2. The molecule has 0 aliphatic carbocycles. The van der Waals surface area contributed by atoms with Crippen LogP contribution in [0, 0.1) is 0 Å². The van der Waals surface area contributed by atoms with Crippen LogP contribution < -0.4 is 5.32 Å². The molecule has 0 fully saturated rings. The normalized spacial score (nSPS) is 11.6. The number of thioether (sulfide) groups is 1. The summed E-state index contributed by atoms with van der Waals surface area (Å²) in [7, 11) is 1.58. The summed E-state index contributed by atoms with van der Waals surface area (Å²) >= 11 is 13.9. The summed E-state index contributed by atoms with van der Waals surface area (Å²) in [4.78, 5) is 28.9. The van der Waals surface area contributed by atoms with Gasteiger partial charge in [0.2, 0.25) is 11.8 Å². The number of likely N-dealkylation sites (N-methyl/N-ethyl adjacent to an activating group) is 1. The van der Waals surface area contributed by atoms with E-state index in [1.165, 1.54) is 11.8 Å². The van der Waals surface area contributed by atoms with Gasteiger partial charge in [0.15, 0.2) is 0 Å². The smallest absolute Gasteiger partial charge is 0.242 e. The third-order valence-electron chi connectivity index (χ3n) is 4.98. The second-order valence-electron chi connectivity index (χ2n) is 7.18. The minimum absolute atomic E-state index is 0.144. The zero-order valence-corrected chi connectivity index (χ0v) is 20.0. The summed E-state index contributed by atoms with van der Waals surface area (Å²) in [5.74, 6) is -0.163. The van der Waals surface area contributed by atoms with Crippen molar-refractivity contribution in [2.24, 2.45) is 0 Å². The summed E-state index contributed by atoms with van der Waals surface area (Å²) < 4.78 is 0. The second-order valence-corrected chi connectivity index (χ2v) is 9.07. The van der Waals surface area contributed by atoms with Gasteiger partial charge < -0.3 is 10.2 Å². The summed E-state index contributed by atoms with van der Waals surface area (Å²) in [6, 6.07) is 23.9. The molecule has 0 aliphatic rings. The highest BCUT2D eigenvalue weighted by Gasteiger charge is 2.30. The van der Waals surface area contributed by atoms with Crippen molar-refractivity contribution in [3.8, 4) is 0 Å². The zero-order chi connectivity index (χ0) is 22.9. The van der Waals surface area contributed by atoms with Crippen molar-refractivity contribution in [3.63, 3.8) is 0 Å². The second kappa shape index (κ2) is 12.0. The van der Waals surface area contributed by atoms with E-state index in [1.54, 1.807) is 30.1 Å². The van der Waals surface area contributed by atoms with Gasteiger partial charge in [-0.1, -0.05) is 77.8 Å². The molecule has 7 heteroatoms. The van der Waals surface area contributed by atoms with Crippen molar-refractivity contribution in [2.45, 2.75) is 23.9 Å². The first-order valence-electron chi connectivity index (χ1n) is 10.1. The van der Waals surface area contributed by atoms with Crippen LogP contribution in [0.1, 0.15) is 11.1 Å². The molecule has 3 aromatic carbocycles. The maximum Gasteiger partial charge on any atom is 0.242 e. The molecule has 3 rings (SSSR count). The fraction of sp³-hybridized carbons (Fsp3) is 0.200. The first-order valence-corrected chi connectivity index (χ1v) is 11.9. The Morgan fingerprint density at radius 1 is 0.969 bits per heavy atom. The maximum atomic E-state index is 13.4. The minimum atomic E-state index is -0.682. The summed E-state index contributed by atoms with van der Waals surface area (Å²) in [6.07, 6.45) is 0.396. The van der Waals surface area contributed by atoms with Crippen molar-refractivity contribution in [2.75, 3.05) is 12.8 Å². The van der Waals surface area contributed by atoms with Crippen LogP contribution in [0.25, 0.3) is 0 Å². The third kappa shape index (κ3) is 6.76. The van der Waals surface area contributed by atoms with Crippen LogP contribution in [-0.4, -0.2) is 35.6 Å². The number of rotatable bonds is 9. The number of carbonyl (C=O) groups is 2. The number of nitrogens with zero attached hydrogens (tertiary/aromatic N) is 1. The molecule has 0 saturated carbocycles. The molecule has 0 aromatic heterocycles. The molecular weight excluding hydrogens is 463 g/mol. The highest BCUT2D eigenvalue weighted by Crippen LogP contribution is 2.25. The molecule has 0 heterocycles. The fourth-order valence-corrected chi connectivity index (χ4v) is 4.57. The highest BCUT2D eigenvalue weighted by atomic mass is 35.5. The molecule has 0 bridgehead atoms. The van der Waals surface area contributed by atoms with Crippen molar-refractivity contribution in [1.82, 2.24) is 10.2 Å². The number of halogens is 2. The van der Waals surface area contributed by atoms with Gasteiger partial charge in [0.05, 0.1) is 5.75 Å². The highest BCUT2D eigenvalue weighted by molar-refractivity contribution is 8.00. The standard InChI is InChI=1S/C25H24Cl2N2O2S/c1-28-25(31)23(14-18-8-4-2-5-9-18)29(16-19-12-13-20(26)15-22(19)27)24(30)17-32-21-10-6-3-7-11-21/h2-13,15,23H,14,16-17H2,1H3,(H,28,31)/t23-/m1/s1. The van der Waals surface area contributed by atoms with Gasteiger partial charge in [-0.25, -0.2) is 0 Å². The molecule has 4 nitrogen and oxygen atoms in total. The number of hydrogen-bond acceptors (Lipinski definition) is 3. The van der Waals surface area contributed by atoms with E-state index >= 15 is 0 Å². The monoisotopic (exact) mass is 486 g/mol. The first kappa shape index (κ1) is 24.2. The number of hydrogen-bond donors (Lipinski definition) is 1. The molecule has 3 aromatic rings. The van der Waals surface area contributed by atoms with Crippen LogP contribution in [0.15, 0.2) is 83.8 Å². The molecule has 1 N–H and O–H groups in total. The Morgan fingerprint density at radius 2 is 1.62 bits per heavy atom. The van der Waals surface area contributed by atoms with E-state index in [0.717, 1.165) is 16.0 Å².